The molecule has 0 radical (unpaired) electrons. The molecule has 6 nitrogen and oxygen atoms in total. The number of pyridine rings is 2. The molecule has 37 heavy (non-hydrogen) atoms. The fraction of sp³-hybridized carbons (Fsp3) is 0.233. The van der Waals surface area contributed by atoms with Crippen molar-refractivity contribution in [2.75, 3.05) is 13.1 Å². The second-order valence-corrected chi connectivity index (χ2v) is 11.2. The zero-order chi connectivity index (χ0) is 24.8. The van der Waals surface area contributed by atoms with Gasteiger partial charge in [-0.05, 0) is 80.4 Å². The SMILES string of the molecule is Cc1ccc(-c2nccc3[nH]c(-c4[nH]nc5ncc(-c6cccc(CN7CCCCC7)c6)cc45)cc23)s1. The highest BCUT2D eigenvalue weighted by Crippen LogP contribution is 2.36. The number of hydrogen-bond acceptors (Lipinski definition) is 5. The summed E-state index contributed by atoms with van der Waals surface area (Å²) >= 11 is 1.77. The number of thiophene rings is 1. The molecule has 6 aromatic rings. The number of benzene rings is 1. The zero-order valence-corrected chi connectivity index (χ0v) is 21.6. The van der Waals surface area contributed by atoms with Crippen molar-refractivity contribution >= 4 is 33.3 Å². The van der Waals surface area contributed by atoms with Crippen molar-refractivity contribution in [3.63, 3.8) is 0 Å². The molecule has 0 atom stereocenters. The van der Waals surface area contributed by atoms with Crippen LogP contribution in [-0.2, 0) is 6.54 Å². The number of fused-ring (bicyclic) bond motifs is 2. The zero-order valence-electron chi connectivity index (χ0n) is 20.8. The third kappa shape index (κ3) is 4.24. The maximum absolute atomic E-state index is 4.70. The number of aryl methyl sites for hydroxylation is 1. The van der Waals surface area contributed by atoms with Gasteiger partial charge in [-0.15, -0.1) is 11.3 Å². The van der Waals surface area contributed by atoms with Crippen LogP contribution in [0.15, 0.2) is 67.0 Å². The summed E-state index contributed by atoms with van der Waals surface area (Å²) in [6, 6.07) is 19.6. The van der Waals surface area contributed by atoms with Crippen molar-refractivity contribution in [1.82, 2.24) is 30.0 Å². The highest BCUT2D eigenvalue weighted by Gasteiger charge is 2.16. The number of likely N-dealkylation sites (tertiary alicyclic amines) is 1. The van der Waals surface area contributed by atoms with E-state index < -0.39 is 0 Å². The molecule has 1 aromatic carbocycles. The predicted octanol–water partition coefficient (Wildman–Crippen LogP) is 7.19. The number of aromatic amines is 2. The second-order valence-electron chi connectivity index (χ2n) is 9.95. The monoisotopic (exact) mass is 504 g/mol. The van der Waals surface area contributed by atoms with E-state index >= 15 is 0 Å². The molecule has 7 rings (SSSR count). The molecule has 0 aliphatic carbocycles. The van der Waals surface area contributed by atoms with Gasteiger partial charge in [-0.2, -0.15) is 5.10 Å². The molecule has 0 unspecified atom stereocenters. The largest absolute Gasteiger partial charge is 0.353 e. The third-order valence-electron chi connectivity index (χ3n) is 7.32. The molecule has 0 saturated carbocycles. The molecule has 0 bridgehead atoms. The smallest absolute Gasteiger partial charge is 0.181 e. The Kier molecular flexibility index (Phi) is 5.60. The summed E-state index contributed by atoms with van der Waals surface area (Å²) in [7, 11) is 0. The van der Waals surface area contributed by atoms with Crippen LogP contribution in [0.4, 0.5) is 0 Å². The summed E-state index contributed by atoms with van der Waals surface area (Å²) in [4.78, 5) is 18.0. The first-order valence-corrected chi connectivity index (χ1v) is 13.7. The van der Waals surface area contributed by atoms with Crippen LogP contribution in [-0.4, -0.2) is 43.1 Å². The summed E-state index contributed by atoms with van der Waals surface area (Å²) in [5.74, 6) is 0. The number of aromatic nitrogens is 5. The molecule has 6 heterocycles. The maximum atomic E-state index is 4.70. The molecule has 2 N–H and O–H groups in total. The Labute approximate surface area is 219 Å². The second kappa shape index (κ2) is 9.25. The van der Waals surface area contributed by atoms with Crippen LogP contribution in [0.2, 0.25) is 0 Å². The summed E-state index contributed by atoms with van der Waals surface area (Å²) in [6.45, 7) is 5.53. The lowest BCUT2D eigenvalue weighted by atomic mass is 10.0. The van der Waals surface area contributed by atoms with Crippen molar-refractivity contribution in [1.29, 1.82) is 0 Å². The molecule has 5 aromatic heterocycles. The summed E-state index contributed by atoms with van der Waals surface area (Å²) in [6.07, 6.45) is 7.77. The summed E-state index contributed by atoms with van der Waals surface area (Å²) in [5, 5.41) is 9.85. The van der Waals surface area contributed by atoms with Crippen molar-refractivity contribution in [3.8, 4) is 33.1 Å². The molecular weight excluding hydrogens is 476 g/mol. The van der Waals surface area contributed by atoms with Crippen molar-refractivity contribution < 1.29 is 0 Å². The highest BCUT2D eigenvalue weighted by atomic mass is 32.1. The van der Waals surface area contributed by atoms with Crippen LogP contribution in [0, 0.1) is 6.92 Å². The van der Waals surface area contributed by atoms with Gasteiger partial charge >= 0.3 is 0 Å². The molecule has 1 aliphatic heterocycles. The molecule has 184 valence electrons. The van der Waals surface area contributed by atoms with E-state index in [2.05, 4.69) is 75.5 Å². The Hall–Kier alpha value is -3.81. The van der Waals surface area contributed by atoms with E-state index in [0.29, 0.717) is 5.65 Å². The molecule has 1 saturated heterocycles. The molecule has 1 fully saturated rings. The first-order valence-electron chi connectivity index (χ1n) is 12.9. The van der Waals surface area contributed by atoms with E-state index in [1.54, 1.807) is 11.3 Å². The van der Waals surface area contributed by atoms with Crippen LogP contribution in [0.5, 0.6) is 0 Å². The normalized spacial score (nSPS) is 14.6. The van der Waals surface area contributed by atoms with Gasteiger partial charge in [-0.1, -0.05) is 24.6 Å². The third-order valence-corrected chi connectivity index (χ3v) is 8.32. The number of nitrogens with zero attached hydrogens (tertiary/aromatic N) is 4. The predicted molar refractivity (Wildman–Crippen MR) is 152 cm³/mol. The van der Waals surface area contributed by atoms with Crippen molar-refractivity contribution in [2.24, 2.45) is 0 Å². The van der Waals surface area contributed by atoms with Gasteiger partial charge in [0.2, 0.25) is 0 Å². The highest BCUT2D eigenvalue weighted by molar-refractivity contribution is 7.15. The van der Waals surface area contributed by atoms with Gasteiger partial charge in [0.1, 0.15) is 0 Å². The van der Waals surface area contributed by atoms with Crippen molar-refractivity contribution in [2.45, 2.75) is 32.7 Å². The van der Waals surface area contributed by atoms with Gasteiger partial charge in [0, 0.05) is 45.7 Å². The van der Waals surface area contributed by atoms with Crippen LogP contribution < -0.4 is 0 Å². The molecule has 7 heteroatoms. The first kappa shape index (κ1) is 22.4. The number of hydrogen-bond donors (Lipinski definition) is 2. The lowest BCUT2D eigenvalue weighted by Crippen LogP contribution is -2.29. The lowest BCUT2D eigenvalue weighted by molar-refractivity contribution is 0.221. The van der Waals surface area contributed by atoms with Crippen LogP contribution in [0.1, 0.15) is 29.7 Å². The molecule has 1 aliphatic rings. The fourth-order valence-corrected chi connectivity index (χ4v) is 6.31. The number of H-pyrrole nitrogens is 2. The molecule has 0 spiro atoms. The Bertz CT molecular complexity index is 1720. The Balaban J connectivity index is 1.26. The van der Waals surface area contributed by atoms with Crippen molar-refractivity contribution in [3.05, 3.63) is 77.4 Å². The lowest BCUT2D eigenvalue weighted by Gasteiger charge is -2.26. The number of piperidine rings is 1. The number of rotatable bonds is 5. The fourth-order valence-electron chi connectivity index (χ4n) is 5.43. The van der Waals surface area contributed by atoms with E-state index in [0.717, 1.165) is 45.5 Å². The summed E-state index contributed by atoms with van der Waals surface area (Å²) < 4.78 is 0. The van der Waals surface area contributed by atoms with Gasteiger partial charge in [0.25, 0.3) is 0 Å². The minimum atomic E-state index is 0.717. The minimum Gasteiger partial charge on any atom is -0.353 e. The standard InChI is InChI=1S/C30H28N6S/c1-19-8-9-27(37-19)29-23-16-26(33-25(23)10-11-31-29)28-24-15-22(17-32-30(24)35-34-28)21-7-5-6-20(14-21)18-36-12-3-2-4-13-36/h5-11,14-17,33H,2-4,12-13,18H2,1H3,(H,32,34,35). The quantitative estimate of drug-likeness (QED) is 0.261. The minimum absolute atomic E-state index is 0.717. The Morgan fingerprint density at radius 1 is 0.919 bits per heavy atom. The van der Waals surface area contributed by atoms with Gasteiger partial charge in [0.05, 0.1) is 22.0 Å². The van der Waals surface area contributed by atoms with Crippen LogP contribution in [0.3, 0.4) is 0 Å². The Morgan fingerprint density at radius 2 is 1.84 bits per heavy atom. The van der Waals surface area contributed by atoms with Gasteiger partial charge < -0.3 is 4.98 Å². The summed E-state index contributed by atoms with van der Waals surface area (Å²) in [5.41, 5.74) is 8.35. The van der Waals surface area contributed by atoms with E-state index in [-0.39, 0.29) is 0 Å². The number of nitrogens with one attached hydrogen (secondary N) is 2. The molecular formula is C30H28N6S. The van der Waals surface area contributed by atoms with Gasteiger partial charge in [-0.25, -0.2) is 4.98 Å². The van der Waals surface area contributed by atoms with E-state index in [9.17, 15) is 0 Å². The van der Waals surface area contributed by atoms with Crippen LogP contribution in [0.25, 0.3) is 55.0 Å². The van der Waals surface area contributed by atoms with E-state index in [1.807, 2.05) is 18.5 Å². The maximum Gasteiger partial charge on any atom is 0.181 e. The van der Waals surface area contributed by atoms with Crippen LogP contribution >= 0.6 is 11.3 Å². The Morgan fingerprint density at radius 3 is 2.70 bits per heavy atom. The van der Waals surface area contributed by atoms with E-state index in [4.69, 9.17) is 9.97 Å². The van der Waals surface area contributed by atoms with E-state index in [1.165, 1.54) is 53.2 Å². The van der Waals surface area contributed by atoms with Gasteiger partial charge in [0.15, 0.2) is 5.65 Å². The molecule has 0 amide bonds. The first-order chi connectivity index (χ1) is 18.2. The average Bonchev–Trinajstić information content (AvgIpc) is 3.66. The topological polar surface area (TPSA) is 73.5 Å². The average molecular weight is 505 g/mol. The van der Waals surface area contributed by atoms with Gasteiger partial charge in [-0.3, -0.25) is 15.0 Å².